The lowest BCUT2D eigenvalue weighted by atomic mass is 9.84. The molecule has 2 saturated heterocycles. The summed E-state index contributed by atoms with van der Waals surface area (Å²) in [7, 11) is 0. The summed E-state index contributed by atoms with van der Waals surface area (Å²) in [5.41, 5.74) is 0.836. The molecule has 0 amide bonds. The van der Waals surface area contributed by atoms with Crippen LogP contribution in [0.3, 0.4) is 0 Å². The van der Waals surface area contributed by atoms with Crippen LogP contribution in [0.25, 0.3) is 0 Å². The molecule has 2 nitrogen and oxygen atoms in total. The van der Waals surface area contributed by atoms with E-state index in [0.29, 0.717) is 11.1 Å². The highest BCUT2D eigenvalue weighted by Gasteiger charge is 2.46. The van der Waals surface area contributed by atoms with Crippen LogP contribution in [0.5, 0.6) is 0 Å². The first kappa shape index (κ1) is 11.4. The summed E-state index contributed by atoms with van der Waals surface area (Å²) < 4.78 is 0. The first-order valence-electron chi connectivity index (χ1n) is 6.42. The molecule has 2 fully saturated rings. The average molecular weight is 210 g/mol. The molecule has 2 heterocycles. The largest absolute Gasteiger partial charge is 0.295 e. The molecular weight excluding hydrogens is 184 g/mol. The summed E-state index contributed by atoms with van der Waals surface area (Å²) in [6, 6.07) is 0. The zero-order valence-corrected chi connectivity index (χ0v) is 10.8. The Hall–Kier alpha value is -0.0800. The Morgan fingerprint density at radius 1 is 0.933 bits per heavy atom. The van der Waals surface area contributed by atoms with Crippen LogP contribution >= 0.6 is 0 Å². The van der Waals surface area contributed by atoms with Gasteiger partial charge in [-0.3, -0.25) is 9.80 Å². The van der Waals surface area contributed by atoms with Gasteiger partial charge in [0.25, 0.3) is 0 Å². The van der Waals surface area contributed by atoms with Gasteiger partial charge >= 0.3 is 0 Å². The molecule has 0 aromatic heterocycles. The fraction of sp³-hybridized carbons (Fsp3) is 1.00. The van der Waals surface area contributed by atoms with Crippen molar-refractivity contribution in [3.63, 3.8) is 0 Å². The van der Waals surface area contributed by atoms with E-state index in [2.05, 4.69) is 37.5 Å². The lowest BCUT2D eigenvalue weighted by Crippen LogP contribution is -2.72. The molecule has 2 rings (SSSR count). The van der Waals surface area contributed by atoms with E-state index >= 15 is 0 Å². The van der Waals surface area contributed by atoms with Crippen LogP contribution in [0.4, 0.5) is 0 Å². The minimum Gasteiger partial charge on any atom is -0.295 e. The first-order valence-corrected chi connectivity index (χ1v) is 6.42. The van der Waals surface area contributed by atoms with Crippen molar-refractivity contribution in [2.75, 3.05) is 26.2 Å². The van der Waals surface area contributed by atoms with Crippen molar-refractivity contribution >= 4 is 0 Å². The lowest BCUT2D eigenvalue weighted by molar-refractivity contribution is -0.0897. The third-order valence-electron chi connectivity index (χ3n) is 4.13. The summed E-state index contributed by atoms with van der Waals surface area (Å²) in [6.07, 6.45) is 4.26. The first-order chi connectivity index (χ1) is 6.92. The minimum absolute atomic E-state index is 0.356. The van der Waals surface area contributed by atoms with Gasteiger partial charge in [-0.15, -0.1) is 0 Å². The Kier molecular flexibility index (Phi) is 2.85. The highest BCUT2D eigenvalue weighted by atomic mass is 15.4. The second kappa shape index (κ2) is 3.74. The Morgan fingerprint density at radius 2 is 1.47 bits per heavy atom. The third-order valence-corrected chi connectivity index (χ3v) is 4.13. The molecule has 0 unspecified atom stereocenters. The maximum Gasteiger partial charge on any atom is 0.0435 e. The minimum atomic E-state index is 0.356. The Morgan fingerprint density at radius 3 is 1.93 bits per heavy atom. The monoisotopic (exact) mass is 210 g/mol. The van der Waals surface area contributed by atoms with Gasteiger partial charge in [-0.25, -0.2) is 0 Å². The molecule has 0 N–H and O–H groups in total. The van der Waals surface area contributed by atoms with E-state index in [9.17, 15) is 0 Å². The highest BCUT2D eigenvalue weighted by molar-refractivity contribution is 5.04. The molecular formula is C13H26N2. The molecule has 2 aliphatic heterocycles. The van der Waals surface area contributed by atoms with Gasteiger partial charge in [-0.05, 0) is 53.6 Å². The molecule has 2 heteroatoms. The van der Waals surface area contributed by atoms with Crippen LogP contribution in [-0.2, 0) is 0 Å². The maximum absolute atomic E-state index is 2.72. The van der Waals surface area contributed by atoms with E-state index < -0.39 is 0 Å². The van der Waals surface area contributed by atoms with E-state index in [1.807, 2.05) is 0 Å². The predicted molar refractivity (Wildman–Crippen MR) is 65.2 cm³/mol. The molecule has 0 bridgehead atoms. The van der Waals surface area contributed by atoms with Gasteiger partial charge in [0.05, 0.1) is 0 Å². The Labute approximate surface area is 94.6 Å². The van der Waals surface area contributed by atoms with E-state index in [4.69, 9.17) is 0 Å². The SMILES string of the molecule is CC(C)(C)N1CC(C)(N2CCCCC2)C1. The van der Waals surface area contributed by atoms with E-state index in [1.54, 1.807) is 0 Å². The normalized spacial score (nSPS) is 28.8. The van der Waals surface area contributed by atoms with Gasteiger partial charge in [0.1, 0.15) is 0 Å². The quantitative estimate of drug-likeness (QED) is 0.655. The van der Waals surface area contributed by atoms with Crippen molar-refractivity contribution in [2.24, 2.45) is 0 Å². The summed E-state index contributed by atoms with van der Waals surface area (Å²) in [5, 5.41) is 0. The number of piperidine rings is 1. The van der Waals surface area contributed by atoms with Crippen LogP contribution in [0.2, 0.25) is 0 Å². The van der Waals surface area contributed by atoms with Crippen LogP contribution < -0.4 is 0 Å². The van der Waals surface area contributed by atoms with Crippen LogP contribution in [-0.4, -0.2) is 47.1 Å². The third kappa shape index (κ3) is 2.21. The second-order valence-corrected chi connectivity index (χ2v) is 6.57. The number of nitrogens with zero attached hydrogens (tertiary/aromatic N) is 2. The molecule has 15 heavy (non-hydrogen) atoms. The van der Waals surface area contributed by atoms with Crippen LogP contribution in [0.15, 0.2) is 0 Å². The van der Waals surface area contributed by atoms with E-state index in [1.165, 1.54) is 45.4 Å². The van der Waals surface area contributed by atoms with Crippen molar-refractivity contribution in [3.05, 3.63) is 0 Å². The van der Waals surface area contributed by atoms with Gasteiger partial charge in [-0.1, -0.05) is 6.42 Å². The standard InChI is InChI=1S/C13H26N2/c1-12(2,3)15-10-13(4,11-15)14-8-6-5-7-9-14/h5-11H2,1-4H3. The van der Waals surface area contributed by atoms with Gasteiger partial charge in [-0.2, -0.15) is 0 Å². The molecule has 0 aromatic carbocycles. The summed E-state index contributed by atoms with van der Waals surface area (Å²) in [4.78, 5) is 5.32. The van der Waals surface area contributed by atoms with Crippen LogP contribution in [0, 0.1) is 0 Å². The van der Waals surface area contributed by atoms with Crippen molar-refractivity contribution in [1.82, 2.24) is 9.80 Å². The van der Waals surface area contributed by atoms with E-state index in [-0.39, 0.29) is 0 Å². The van der Waals surface area contributed by atoms with Gasteiger partial charge < -0.3 is 0 Å². The molecule has 88 valence electrons. The average Bonchev–Trinajstić information content (AvgIpc) is 2.13. The number of hydrogen-bond donors (Lipinski definition) is 0. The lowest BCUT2D eigenvalue weighted by Gasteiger charge is -2.59. The molecule has 0 aromatic rings. The number of rotatable bonds is 1. The number of hydrogen-bond acceptors (Lipinski definition) is 2. The summed E-state index contributed by atoms with van der Waals surface area (Å²) in [5.74, 6) is 0. The molecule has 0 saturated carbocycles. The molecule has 2 aliphatic rings. The smallest absolute Gasteiger partial charge is 0.0435 e. The van der Waals surface area contributed by atoms with Crippen molar-refractivity contribution < 1.29 is 0 Å². The zero-order valence-electron chi connectivity index (χ0n) is 10.8. The van der Waals surface area contributed by atoms with Gasteiger partial charge in [0.2, 0.25) is 0 Å². The Balaban J connectivity index is 1.89. The fourth-order valence-corrected chi connectivity index (χ4v) is 2.88. The molecule has 0 spiro atoms. The highest BCUT2D eigenvalue weighted by Crippen LogP contribution is 2.34. The van der Waals surface area contributed by atoms with Gasteiger partial charge in [0, 0.05) is 24.2 Å². The number of likely N-dealkylation sites (tertiary alicyclic amines) is 2. The van der Waals surface area contributed by atoms with Crippen molar-refractivity contribution in [3.8, 4) is 0 Å². The van der Waals surface area contributed by atoms with Crippen molar-refractivity contribution in [2.45, 2.75) is 58.0 Å². The topological polar surface area (TPSA) is 6.48 Å². The maximum atomic E-state index is 2.72. The zero-order chi connectivity index (χ0) is 11.1. The molecule has 0 radical (unpaired) electrons. The fourth-order valence-electron chi connectivity index (χ4n) is 2.88. The predicted octanol–water partition coefficient (Wildman–Crippen LogP) is 2.35. The molecule has 0 atom stereocenters. The summed E-state index contributed by atoms with van der Waals surface area (Å²) in [6.45, 7) is 14.6. The second-order valence-electron chi connectivity index (χ2n) is 6.57. The van der Waals surface area contributed by atoms with Crippen LogP contribution in [0.1, 0.15) is 47.0 Å². The molecule has 0 aliphatic carbocycles. The van der Waals surface area contributed by atoms with E-state index in [0.717, 1.165) is 0 Å². The van der Waals surface area contributed by atoms with Crippen molar-refractivity contribution in [1.29, 1.82) is 0 Å². The van der Waals surface area contributed by atoms with Gasteiger partial charge in [0.15, 0.2) is 0 Å². The Bertz CT molecular complexity index is 217. The summed E-state index contributed by atoms with van der Waals surface area (Å²) >= 11 is 0.